The number of aliphatic hydroxyl groups excluding tert-OH is 1. The first-order valence-electron chi connectivity index (χ1n) is 10.4. The van der Waals surface area contributed by atoms with Crippen LogP contribution in [0.4, 0.5) is 0 Å². The highest BCUT2D eigenvalue weighted by atomic mass is 16.3. The van der Waals surface area contributed by atoms with Crippen LogP contribution in [0.1, 0.15) is 92.4 Å². The van der Waals surface area contributed by atoms with Crippen molar-refractivity contribution in [2.24, 2.45) is 34.5 Å². The number of carbonyl (C=O) groups excluding carboxylic acids is 1. The Morgan fingerprint density at radius 3 is 2.42 bits per heavy atom. The second kappa shape index (κ2) is 7.89. The van der Waals surface area contributed by atoms with Gasteiger partial charge >= 0.3 is 0 Å². The quantitative estimate of drug-likeness (QED) is 0.655. The Morgan fingerprint density at radius 1 is 1.12 bits per heavy atom. The minimum absolute atomic E-state index is 0.338. The molecular formula is C22H40O2. The minimum atomic E-state index is 0.338. The van der Waals surface area contributed by atoms with Crippen LogP contribution in [-0.4, -0.2) is 17.5 Å². The van der Waals surface area contributed by atoms with Crippen LogP contribution in [0.5, 0.6) is 0 Å². The van der Waals surface area contributed by atoms with Gasteiger partial charge in [-0.3, -0.25) is 0 Å². The van der Waals surface area contributed by atoms with Crippen molar-refractivity contribution in [3.05, 3.63) is 0 Å². The van der Waals surface area contributed by atoms with E-state index in [0.29, 0.717) is 29.1 Å². The molecule has 0 aromatic rings. The Morgan fingerprint density at radius 2 is 1.83 bits per heavy atom. The van der Waals surface area contributed by atoms with Gasteiger partial charge in [0.15, 0.2) is 0 Å². The molecule has 0 heterocycles. The third kappa shape index (κ3) is 3.89. The number of carbonyl (C=O) groups is 1. The highest BCUT2D eigenvalue weighted by molar-refractivity contribution is 5.75. The van der Waals surface area contributed by atoms with E-state index in [1.165, 1.54) is 38.5 Å². The zero-order chi connectivity index (χ0) is 18.0. The summed E-state index contributed by atoms with van der Waals surface area (Å²) in [7, 11) is 0. The average molecular weight is 337 g/mol. The number of hydrogen-bond acceptors (Lipinski definition) is 2. The lowest BCUT2D eigenvalue weighted by Crippen LogP contribution is -2.51. The van der Waals surface area contributed by atoms with E-state index in [4.69, 9.17) is 0 Å². The van der Waals surface area contributed by atoms with Crippen molar-refractivity contribution < 1.29 is 9.90 Å². The molecule has 0 bridgehead atoms. The molecule has 0 aromatic heterocycles. The third-order valence-electron chi connectivity index (χ3n) is 8.05. The molecule has 1 N–H and O–H groups in total. The summed E-state index contributed by atoms with van der Waals surface area (Å²) in [4.78, 5) is 11.4. The topological polar surface area (TPSA) is 37.3 Å². The van der Waals surface area contributed by atoms with E-state index in [1.807, 2.05) is 0 Å². The van der Waals surface area contributed by atoms with Gasteiger partial charge in [-0.2, -0.15) is 0 Å². The fraction of sp³-hybridized carbons (Fsp3) is 0.955. The van der Waals surface area contributed by atoms with E-state index >= 15 is 0 Å². The van der Waals surface area contributed by atoms with E-state index in [0.717, 1.165) is 37.0 Å². The lowest BCUT2D eigenvalue weighted by Gasteiger charge is -2.59. The summed E-state index contributed by atoms with van der Waals surface area (Å²) < 4.78 is 0. The standard InChI is InChI=1S/C22H40O2/c1-6-22(5)17(13-15-23)10-11-18-19(9-7-8-16(2)24)21(3,4)14-12-20(18)22/h17-20,23H,6-15H2,1-5H3. The van der Waals surface area contributed by atoms with Crippen LogP contribution in [0.3, 0.4) is 0 Å². The molecule has 2 rings (SSSR count). The lowest BCUT2D eigenvalue weighted by atomic mass is 9.46. The van der Waals surface area contributed by atoms with E-state index in [1.54, 1.807) is 6.92 Å². The highest BCUT2D eigenvalue weighted by Gasteiger charge is 2.53. The molecule has 2 saturated carbocycles. The minimum Gasteiger partial charge on any atom is -0.396 e. The Hall–Kier alpha value is -0.370. The van der Waals surface area contributed by atoms with E-state index in [9.17, 15) is 9.90 Å². The molecule has 2 nitrogen and oxygen atoms in total. The predicted molar refractivity (Wildman–Crippen MR) is 101 cm³/mol. The van der Waals surface area contributed by atoms with Gasteiger partial charge in [-0.15, -0.1) is 0 Å². The summed E-state index contributed by atoms with van der Waals surface area (Å²) in [6.07, 6.45) is 10.5. The lowest BCUT2D eigenvalue weighted by molar-refractivity contribution is -0.118. The van der Waals surface area contributed by atoms with Gasteiger partial charge in [-0.1, -0.05) is 34.1 Å². The van der Waals surface area contributed by atoms with Crippen LogP contribution in [0, 0.1) is 34.5 Å². The molecule has 0 aromatic carbocycles. The van der Waals surface area contributed by atoms with Crippen molar-refractivity contribution in [2.75, 3.05) is 6.61 Å². The summed E-state index contributed by atoms with van der Waals surface area (Å²) in [6, 6.07) is 0. The van der Waals surface area contributed by atoms with E-state index < -0.39 is 0 Å². The number of aliphatic hydroxyl groups is 1. The SMILES string of the molecule is CCC1(C)C(CCO)CCC2C(CCCC(C)=O)C(C)(C)CCC21. The largest absolute Gasteiger partial charge is 0.396 e. The van der Waals surface area contributed by atoms with Gasteiger partial charge in [0.2, 0.25) is 0 Å². The number of fused-ring (bicyclic) bond motifs is 1. The zero-order valence-electron chi connectivity index (χ0n) is 16.7. The second-order valence-electron chi connectivity index (χ2n) is 9.64. The highest BCUT2D eigenvalue weighted by Crippen LogP contribution is 2.61. The van der Waals surface area contributed by atoms with Crippen LogP contribution in [0.15, 0.2) is 0 Å². The molecule has 0 radical (unpaired) electrons. The summed E-state index contributed by atoms with van der Waals surface area (Å²) >= 11 is 0. The maximum Gasteiger partial charge on any atom is 0.129 e. The smallest absolute Gasteiger partial charge is 0.129 e. The molecule has 0 spiro atoms. The maximum absolute atomic E-state index is 11.4. The second-order valence-corrected chi connectivity index (χ2v) is 9.64. The summed E-state index contributed by atoms with van der Waals surface area (Å²) in [6.45, 7) is 11.9. The molecule has 2 heteroatoms. The number of ketones is 1. The summed E-state index contributed by atoms with van der Waals surface area (Å²) in [5, 5.41) is 9.51. The first-order chi connectivity index (χ1) is 11.3. The molecule has 24 heavy (non-hydrogen) atoms. The van der Waals surface area contributed by atoms with Crippen molar-refractivity contribution in [1.29, 1.82) is 0 Å². The van der Waals surface area contributed by atoms with Gasteiger partial charge in [0, 0.05) is 13.0 Å². The molecule has 5 unspecified atom stereocenters. The van der Waals surface area contributed by atoms with Gasteiger partial charge < -0.3 is 9.90 Å². The molecule has 2 fully saturated rings. The molecule has 0 saturated heterocycles. The number of Topliss-reactive ketones (excluding diaryl/α,β-unsaturated/α-hetero) is 1. The van der Waals surface area contributed by atoms with Gasteiger partial charge in [-0.25, -0.2) is 0 Å². The van der Waals surface area contributed by atoms with Crippen LogP contribution in [0.25, 0.3) is 0 Å². The maximum atomic E-state index is 11.4. The number of rotatable bonds is 7. The molecule has 0 aliphatic heterocycles. The Balaban J connectivity index is 2.18. The first kappa shape index (κ1) is 19.9. The zero-order valence-corrected chi connectivity index (χ0v) is 16.7. The monoisotopic (exact) mass is 336 g/mol. The van der Waals surface area contributed by atoms with Gasteiger partial charge in [0.1, 0.15) is 5.78 Å². The van der Waals surface area contributed by atoms with Crippen LogP contribution in [0.2, 0.25) is 0 Å². The fourth-order valence-corrected chi connectivity index (χ4v) is 6.39. The molecule has 5 atom stereocenters. The fourth-order valence-electron chi connectivity index (χ4n) is 6.39. The van der Waals surface area contributed by atoms with Crippen molar-refractivity contribution in [3.63, 3.8) is 0 Å². The molecule has 140 valence electrons. The number of hydrogen-bond donors (Lipinski definition) is 1. The first-order valence-corrected chi connectivity index (χ1v) is 10.4. The van der Waals surface area contributed by atoms with Crippen LogP contribution in [-0.2, 0) is 4.79 Å². The summed E-state index contributed by atoms with van der Waals surface area (Å²) in [5.41, 5.74) is 0.803. The Kier molecular flexibility index (Phi) is 6.56. The molecular weight excluding hydrogens is 296 g/mol. The third-order valence-corrected chi connectivity index (χ3v) is 8.05. The van der Waals surface area contributed by atoms with Crippen molar-refractivity contribution >= 4 is 5.78 Å². The van der Waals surface area contributed by atoms with Crippen LogP contribution >= 0.6 is 0 Å². The van der Waals surface area contributed by atoms with Crippen molar-refractivity contribution in [1.82, 2.24) is 0 Å². The molecule has 2 aliphatic rings. The Bertz CT molecular complexity index is 428. The molecule has 0 amide bonds. The van der Waals surface area contributed by atoms with E-state index in [-0.39, 0.29) is 0 Å². The van der Waals surface area contributed by atoms with Gasteiger partial charge in [0.05, 0.1) is 0 Å². The normalized spacial score (nSPS) is 38.6. The average Bonchev–Trinajstić information content (AvgIpc) is 2.51. The molecule has 2 aliphatic carbocycles. The van der Waals surface area contributed by atoms with E-state index in [2.05, 4.69) is 27.7 Å². The van der Waals surface area contributed by atoms with Crippen molar-refractivity contribution in [3.8, 4) is 0 Å². The Labute approximate surface area is 149 Å². The van der Waals surface area contributed by atoms with Crippen molar-refractivity contribution in [2.45, 2.75) is 92.4 Å². The summed E-state index contributed by atoms with van der Waals surface area (Å²) in [5.74, 6) is 3.42. The predicted octanol–water partition coefficient (Wildman–Crippen LogP) is 5.62. The van der Waals surface area contributed by atoms with Crippen LogP contribution < -0.4 is 0 Å². The van der Waals surface area contributed by atoms with Gasteiger partial charge in [0.25, 0.3) is 0 Å². The van der Waals surface area contributed by atoms with Gasteiger partial charge in [-0.05, 0) is 86.4 Å².